The fourth-order valence-corrected chi connectivity index (χ4v) is 2.60. The molecule has 106 valence electrons. The van der Waals surface area contributed by atoms with Gasteiger partial charge in [-0.05, 0) is 66.3 Å². The lowest BCUT2D eigenvalue weighted by molar-refractivity contribution is -0.131. The summed E-state index contributed by atoms with van der Waals surface area (Å²) in [6.45, 7) is 0. The van der Waals surface area contributed by atoms with E-state index in [0.29, 0.717) is 5.75 Å². The number of hydrogen-bond donors (Lipinski definition) is 1. The van der Waals surface area contributed by atoms with E-state index in [2.05, 4.69) is 12.1 Å². The minimum Gasteiger partial charge on any atom is -0.478 e. The molecule has 2 aromatic rings. The summed E-state index contributed by atoms with van der Waals surface area (Å²) in [4.78, 5) is 10.5. The van der Waals surface area contributed by atoms with Crippen LogP contribution in [0.3, 0.4) is 0 Å². The van der Waals surface area contributed by atoms with Gasteiger partial charge in [0, 0.05) is 6.08 Å². The Labute approximate surface area is 123 Å². The molecule has 3 nitrogen and oxygen atoms in total. The van der Waals surface area contributed by atoms with Gasteiger partial charge in [-0.15, -0.1) is 0 Å². The molecule has 3 rings (SSSR count). The van der Waals surface area contributed by atoms with Gasteiger partial charge < -0.3 is 9.84 Å². The lowest BCUT2D eigenvalue weighted by atomic mass is 10.1. The molecule has 0 amide bonds. The second-order valence-corrected chi connectivity index (χ2v) is 5.13. The topological polar surface area (TPSA) is 46.5 Å². The number of rotatable bonds is 4. The van der Waals surface area contributed by atoms with Crippen molar-refractivity contribution >= 4 is 12.0 Å². The standard InChI is InChI=1S/C18H16O3/c19-18(20)10-7-13-3-1-6-16(11-13)21-17-9-8-14-4-2-5-15(14)12-17/h1,3,6-12H,2,4-5H2,(H,19,20). The van der Waals surface area contributed by atoms with Crippen LogP contribution in [0.25, 0.3) is 6.08 Å². The molecule has 0 atom stereocenters. The van der Waals surface area contributed by atoms with Crippen molar-refractivity contribution in [1.82, 2.24) is 0 Å². The highest BCUT2D eigenvalue weighted by Gasteiger charge is 2.11. The van der Waals surface area contributed by atoms with Crippen LogP contribution in [0, 0.1) is 0 Å². The molecule has 2 aromatic carbocycles. The smallest absolute Gasteiger partial charge is 0.328 e. The van der Waals surface area contributed by atoms with Crippen LogP contribution in [-0.2, 0) is 17.6 Å². The van der Waals surface area contributed by atoms with Crippen LogP contribution < -0.4 is 4.74 Å². The molecular formula is C18H16O3. The van der Waals surface area contributed by atoms with Crippen LogP contribution in [-0.4, -0.2) is 11.1 Å². The second kappa shape index (κ2) is 5.83. The predicted molar refractivity (Wildman–Crippen MR) is 81.7 cm³/mol. The van der Waals surface area contributed by atoms with Crippen molar-refractivity contribution in [3.8, 4) is 11.5 Å². The zero-order valence-corrected chi connectivity index (χ0v) is 11.6. The highest BCUT2D eigenvalue weighted by atomic mass is 16.5. The Balaban J connectivity index is 1.78. The number of aryl methyl sites for hydroxylation is 2. The number of carboxylic acids is 1. The van der Waals surface area contributed by atoms with E-state index in [1.54, 1.807) is 6.08 Å². The zero-order chi connectivity index (χ0) is 14.7. The van der Waals surface area contributed by atoms with Gasteiger partial charge in [-0.25, -0.2) is 4.79 Å². The number of aliphatic carboxylic acids is 1. The number of carboxylic acid groups (broad SMARTS) is 1. The molecular weight excluding hydrogens is 264 g/mol. The fraction of sp³-hybridized carbons (Fsp3) is 0.167. The summed E-state index contributed by atoms with van der Waals surface area (Å²) in [7, 11) is 0. The molecule has 3 heteroatoms. The van der Waals surface area contributed by atoms with E-state index in [4.69, 9.17) is 9.84 Å². The quantitative estimate of drug-likeness (QED) is 0.859. The van der Waals surface area contributed by atoms with Gasteiger partial charge in [0.05, 0.1) is 0 Å². The van der Waals surface area contributed by atoms with Crippen LogP contribution >= 0.6 is 0 Å². The first-order valence-corrected chi connectivity index (χ1v) is 7.01. The minimum atomic E-state index is -0.958. The van der Waals surface area contributed by atoms with E-state index < -0.39 is 5.97 Å². The third-order valence-corrected chi connectivity index (χ3v) is 3.58. The third-order valence-electron chi connectivity index (χ3n) is 3.58. The minimum absolute atomic E-state index is 0.709. The van der Waals surface area contributed by atoms with Crippen molar-refractivity contribution in [3.63, 3.8) is 0 Å². The molecule has 0 bridgehead atoms. The van der Waals surface area contributed by atoms with E-state index in [9.17, 15) is 4.79 Å². The summed E-state index contributed by atoms with van der Waals surface area (Å²) in [5.74, 6) is 0.579. The molecule has 0 aliphatic heterocycles. The average Bonchev–Trinajstić information content (AvgIpc) is 2.93. The number of hydrogen-bond acceptors (Lipinski definition) is 2. The molecule has 0 heterocycles. The van der Waals surface area contributed by atoms with Gasteiger partial charge in [0.1, 0.15) is 11.5 Å². The van der Waals surface area contributed by atoms with Gasteiger partial charge in [0.2, 0.25) is 0 Å². The van der Waals surface area contributed by atoms with Gasteiger partial charge >= 0.3 is 5.97 Å². The Kier molecular flexibility index (Phi) is 3.73. The largest absolute Gasteiger partial charge is 0.478 e. The number of fused-ring (bicyclic) bond motifs is 1. The van der Waals surface area contributed by atoms with Gasteiger partial charge in [-0.3, -0.25) is 0 Å². The Morgan fingerprint density at radius 1 is 1.05 bits per heavy atom. The molecule has 0 saturated carbocycles. The summed E-state index contributed by atoms with van der Waals surface area (Å²) >= 11 is 0. The lowest BCUT2D eigenvalue weighted by Gasteiger charge is -2.08. The van der Waals surface area contributed by atoms with E-state index >= 15 is 0 Å². The van der Waals surface area contributed by atoms with E-state index in [1.165, 1.54) is 17.5 Å². The van der Waals surface area contributed by atoms with Gasteiger partial charge in [0.15, 0.2) is 0 Å². The van der Waals surface area contributed by atoms with E-state index in [1.807, 2.05) is 30.3 Å². The lowest BCUT2D eigenvalue weighted by Crippen LogP contribution is -1.89. The maximum Gasteiger partial charge on any atom is 0.328 e. The third kappa shape index (κ3) is 3.31. The molecule has 0 saturated heterocycles. The summed E-state index contributed by atoms with van der Waals surface area (Å²) in [6.07, 6.45) is 6.17. The molecule has 0 fully saturated rings. The fourth-order valence-electron chi connectivity index (χ4n) is 2.60. The second-order valence-electron chi connectivity index (χ2n) is 5.13. The SMILES string of the molecule is O=C(O)C=Cc1cccc(Oc2ccc3c(c2)CCC3)c1. The summed E-state index contributed by atoms with van der Waals surface area (Å²) in [6, 6.07) is 13.6. The van der Waals surface area contributed by atoms with Crippen molar-refractivity contribution < 1.29 is 14.6 Å². The number of benzene rings is 2. The maximum atomic E-state index is 10.5. The molecule has 1 aliphatic carbocycles. The molecule has 0 radical (unpaired) electrons. The average molecular weight is 280 g/mol. The van der Waals surface area contributed by atoms with Crippen LogP contribution in [0.2, 0.25) is 0 Å². The predicted octanol–water partition coefficient (Wildman–Crippen LogP) is 4.07. The molecule has 0 spiro atoms. The molecule has 1 N–H and O–H groups in total. The molecule has 21 heavy (non-hydrogen) atoms. The summed E-state index contributed by atoms with van der Waals surface area (Å²) in [5, 5.41) is 8.65. The Morgan fingerprint density at radius 2 is 1.86 bits per heavy atom. The van der Waals surface area contributed by atoms with Crippen molar-refractivity contribution in [2.24, 2.45) is 0 Å². The highest BCUT2D eigenvalue weighted by molar-refractivity contribution is 5.85. The maximum absolute atomic E-state index is 10.5. The monoisotopic (exact) mass is 280 g/mol. The first-order valence-electron chi connectivity index (χ1n) is 7.01. The molecule has 0 unspecified atom stereocenters. The molecule has 0 aromatic heterocycles. The first kappa shape index (κ1) is 13.4. The normalized spacial score (nSPS) is 13.3. The van der Waals surface area contributed by atoms with Gasteiger partial charge in [0.25, 0.3) is 0 Å². The van der Waals surface area contributed by atoms with Crippen molar-refractivity contribution in [2.75, 3.05) is 0 Å². The Bertz CT molecular complexity index is 701. The van der Waals surface area contributed by atoms with Crippen LogP contribution in [0.4, 0.5) is 0 Å². The Hall–Kier alpha value is -2.55. The highest BCUT2D eigenvalue weighted by Crippen LogP contribution is 2.29. The number of carbonyl (C=O) groups is 1. The van der Waals surface area contributed by atoms with Crippen molar-refractivity contribution in [3.05, 3.63) is 65.2 Å². The van der Waals surface area contributed by atoms with Crippen LogP contribution in [0.5, 0.6) is 11.5 Å². The number of ether oxygens (including phenoxy) is 1. The van der Waals surface area contributed by atoms with Crippen LogP contribution in [0.1, 0.15) is 23.1 Å². The summed E-state index contributed by atoms with van der Waals surface area (Å²) < 4.78 is 5.87. The van der Waals surface area contributed by atoms with E-state index in [0.717, 1.165) is 30.2 Å². The zero-order valence-electron chi connectivity index (χ0n) is 11.6. The van der Waals surface area contributed by atoms with Crippen LogP contribution in [0.15, 0.2) is 48.5 Å². The van der Waals surface area contributed by atoms with Crippen molar-refractivity contribution in [2.45, 2.75) is 19.3 Å². The Morgan fingerprint density at radius 3 is 2.71 bits per heavy atom. The van der Waals surface area contributed by atoms with E-state index in [-0.39, 0.29) is 0 Å². The first-order chi connectivity index (χ1) is 10.2. The summed E-state index contributed by atoms with van der Waals surface area (Å²) in [5.41, 5.74) is 3.59. The van der Waals surface area contributed by atoms with Crippen molar-refractivity contribution in [1.29, 1.82) is 0 Å². The van der Waals surface area contributed by atoms with Gasteiger partial charge in [-0.1, -0.05) is 18.2 Å². The molecule has 1 aliphatic rings. The van der Waals surface area contributed by atoms with Gasteiger partial charge in [-0.2, -0.15) is 0 Å².